The Morgan fingerprint density at radius 3 is 2.19 bits per heavy atom. The smallest absolute Gasteiger partial charge is 0.156 e. The number of rotatable bonds is 5. The van der Waals surface area contributed by atoms with Crippen molar-refractivity contribution in [3.8, 4) is 22.7 Å². The molecule has 4 rings (SSSR count). The number of aromatic nitrogens is 2. The lowest BCUT2D eigenvalue weighted by molar-refractivity contribution is 0.415. The highest BCUT2D eigenvalue weighted by Gasteiger charge is 2.10. The Kier molecular flexibility index (Phi) is 4.79. The molecule has 1 aromatic heterocycles. The second-order valence-electron chi connectivity index (χ2n) is 6.03. The van der Waals surface area contributed by atoms with Crippen LogP contribution in [0, 0.1) is 0 Å². The van der Waals surface area contributed by atoms with Crippen LogP contribution in [-0.2, 0) is 0 Å². The van der Waals surface area contributed by atoms with E-state index in [2.05, 4.69) is 17.1 Å². The van der Waals surface area contributed by atoms with Crippen molar-refractivity contribution in [2.75, 3.05) is 7.11 Å². The Morgan fingerprint density at radius 1 is 0.852 bits per heavy atom. The number of ether oxygens (including phenoxy) is 1. The molecule has 132 valence electrons. The summed E-state index contributed by atoms with van der Waals surface area (Å²) in [6.45, 7) is 0. The van der Waals surface area contributed by atoms with Crippen LogP contribution in [-0.4, -0.2) is 23.1 Å². The molecule has 4 heteroatoms. The van der Waals surface area contributed by atoms with Gasteiger partial charge in [-0.05, 0) is 42.0 Å². The van der Waals surface area contributed by atoms with Gasteiger partial charge in [0.1, 0.15) is 5.75 Å². The van der Waals surface area contributed by atoms with Crippen LogP contribution in [0.3, 0.4) is 0 Å². The minimum Gasteiger partial charge on any atom is -0.497 e. The maximum atomic E-state index is 5.20. The monoisotopic (exact) mass is 353 g/mol. The number of methoxy groups -OCH3 is 1. The van der Waals surface area contributed by atoms with Gasteiger partial charge >= 0.3 is 0 Å². The quantitative estimate of drug-likeness (QED) is 0.457. The van der Waals surface area contributed by atoms with E-state index in [1.165, 1.54) is 0 Å². The number of para-hydroxylation sites is 1. The normalized spacial score (nSPS) is 11.0. The van der Waals surface area contributed by atoms with Crippen LogP contribution in [0.25, 0.3) is 16.9 Å². The van der Waals surface area contributed by atoms with E-state index in [1.807, 2.05) is 89.8 Å². The largest absolute Gasteiger partial charge is 0.497 e. The maximum Gasteiger partial charge on any atom is 0.156 e. The number of aliphatic imine (C=N–C) groups is 1. The molecule has 0 atom stereocenters. The van der Waals surface area contributed by atoms with Gasteiger partial charge < -0.3 is 4.74 Å². The summed E-state index contributed by atoms with van der Waals surface area (Å²) in [5.41, 5.74) is 3.92. The van der Waals surface area contributed by atoms with Crippen LogP contribution < -0.4 is 4.74 Å². The third kappa shape index (κ3) is 3.80. The van der Waals surface area contributed by atoms with Crippen molar-refractivity contribution in [3.63, 3.8) is 0 Å². The van der Waals surface area contributed by atoms with Gasteiger partial charge in [-0.25, -0.2) is 9.67 Å². The summed E-state index contributed by atoms with van der Waals surface area (Å²) in [5.74, 6) is 1.60. The number of nitrogens with zero attached hydrogens (tertiary/aromatic N) is 3. The Labute approximate surface area is 158 Å². The topological polar surface area (TPSA) is 39.4 Å². The average Bonchev–Trinajstić information content (AvgIpc) is 3.18. The molecule has 0 N–H and O–H groups in total. The molecule has 0 aliphatic heterocycles. The van der Waals surface area contributed by atoms with Crippen molar-refractivity contribution in [2.24, 2.45) is 4.99 Å². The fourth-order valence-electron chi connectivity index (χ4n) is 2.80. The zero-order chi connectivity index (χ0) is 18.5. The Morgan fingerprint density at radius 2 is 1.52 bits per heavy atom. The SMILES string of the molecule is COc1ccc(C=Nc2cc(-c3ccccc3)nn2-c2ccccc2)cc1. The first-order valence-electron chi connectivity index (χ1n) is 8.72. The Bertz CT molecular complexity index is 1040. The van der Waals surface area contributed by atoms with Gasteiger partial charge in [0.25, 0.3) is 0 Å². The summed E-state index contributed by atoms with van der Waals surface area (Å²) in [6, 6.07) is 29.9. The number of hydrogen-bond donors (Lipinski definition) is 0. The van der Waals surface area contributed by atoms with E-state index in [0.717, 1.165) is 34.1 Å². The van der Waals surface area contributed by atoms with Crippen molar-refractivity contribution in [2.45, 2.75) is 0 Å². The standard InChI is InChI=1S/C23H19N3O/c1-27-21-14-12-18(13-15-21)17-24-23-16-22(19-8-4-2-5-9-19)25-26(23)20-10-6-3-7-11-20/h2-17H,1H3. The highest BCUT2D eigenvalue weighted by atomic mass is 16.5. The van der Waals surface area contributed by atoms with Crippen LogP contribution in [0.5, 0.6) is 5.75 Å². The molecule has 0 fully saturated rings. The highest BCUT2D eigenvalue weighted by molar-refractivity contribution is 5.82. The molecule has 0 aliphatic carbocycles. The first-order chi connectivity index (χ1) is 13.3. The molecule has 27 heavy (non-hydrogen) atoms. The summed E-state index contributed by atoms with van der Waals surface area (Å²) in [7, 11) is 1.66. The summed E-state index contributed by atoms with van der Waals surface area (Å²) in [6.07, 6.45) is 1.84. The van der Waals surface area contributed by atoms with Gasteiger partial charge in [0.15, 0.2) is 5.82 Å². The predicted molar refractivity (Wildman–Crippen MR) is 109 cm³/mol. The first kappa shape index (κ1) is 16.8. The van der Waals surface area contributed by atoms with Crippen LogP contribution in [0.2, 0.25) is 0 Å². The highest BCUT2D eigenvalue weighted by Crippen LogP contribution is 2.26. The maximum absolute atomic E-state index is 5.20. The van der Waals surface area contributed by atoms with E-state index in [-0.39, 0.29) is 0 Å². The molecule has 4 nitrogen and oxygen atoms in total. The van der Waals surface area contributed by atoms with Crippen molar-refractivity contribution >= 4 is 12.0 Å². The van der Waals surface area contributed by atoms with E-state index in [1.54, 1.807) is 7.11 Å². The lowest BCUT2D eigenvalue weighted by atomic mass is 10.2. The summed E-state index contributed by atoms with van der Waals surface area (Å²) >= 11 is 0. The number of benzene rings is 3. The molecular formula is C23H19N3O. The van der Waals surface area contributed by atoms with Gasteiger partial charge in [-0.2, -0.15) is 5.10 Å². The van der Waals surface area contributed by atoms with E-state index >= 15 is 0 Å². The predicted octanol–water partition coefficient (Wildman–Crippen LogP) is 5.30. The molecule has 0 aliphatic rings. The van der Waals surface area contributed by atoms with E-state index in [0.29, 0.717) is 0 Å². The lowest BCUT2D eigenvalue weighted by Crippen LogP contribution is -1.96. The number of hydrogen-bond acceptors (Lipinski definition) is 3. The fraction of sp³-hybridized carbons (Fsp3) is 0.0435. The molecule has 0 saturated heterocycles. The van der Waals surface area contributed by atoms with Crippen molar-refractivity contribution < 1.29 is 4.74 Å². The van der Waals surface area contributed by atoms with Crippen molar-refractivity contribution in [3.05, 3.63) is 96.6 Å². The molecule has 0 spiro atoms. The van der Waals surface area contributed by atoms with Gasteiger partial charge in [0.2, 0.25) is 0 Å². The average molecular weight is 353 g/mol. The summed E-state index contributed by atoms with van der Waals surface area (Å²) < 4.78 is 7.07. The minimum atomic E-state index is 0.774. The fourth-order valence-corrected chi connectivity index (χ4v) is 2.80. The molecule has 4 aromatic rings. The minimum absolute atomic E-state index is 0.774. The third-order valence-corrected chi connectivity index (χ3v) is 4.22. The molecule has 0 bridgehead atoms. The van der Waals surface area contributed by atoms with Crippen molar-refractivity contribution in [1.82, 2.24) is 9.78 Å². The zero-order valence-corrected chi connectivity index (χ0v) is 15.0. The Balaban J connectivity index is 1.73. The van der Waals surface area contributed by atoms with Gasteiger partial charge in [0.05, 0.1) is 18.5 Å². The lowest BCUT2D eigenvalue weighted by Gasteiger charge is -2.03. The molecule has 0 saturated carbocycles. The van der Waals surface area contributed by atoms with Crippen LogP contribution in [0.15, 0.2) is 96.0 Å². The van der Waals surface area contributed by atoms with Crippen LogP contribution >= 0.6 is 0 Å². The molecule has 0 unspecified atom stereocenters. The van der Waals surface area contributed by atoms with Crippen LogP contribution in [0.4, 0.5) is 5.82 Å². The third-order valence-electron chi connectivity index (χ3n) is 4.22. The first-order valence-corrected chi connectivity index (χ1v) is 8.72. The second kappa shape index (κ2) is 7.70. The molecule has 3 aromatic carbocycles. The van der Waals surface area contributed by atoms with Gasteiger partial charge in [-0.3, -0.25) is 0 Å². The van der Waals surface area contributed by atoms with E-state index < -0.39 is 0 Å². The van der Waals surface area contributed by atoms with Gasteiger partial charge in [0, 0.05) is 17.8 Å². The van der Waals surface area contributed by atoms with E-state index in [4.69, 9.17) is 9.84 Å². The van der Waals surface area contributed by atoms with Gasteiger partial charge in [-0.1, -0.05) is 48.5 Å². The Hall–Kier alpha value is -3.66. The van der Waals surface area contributed by atoms with Crippen molar-refractivity contribution in [1.29, 1.82) is 0 Å². The van der Waals surface area contributed by atoms with Gasteiger partial charge in [-0.15, -0.1) is 0 Å². The zero-order valence-electron chi connectivity index (χ0n) is 15.0. The molecular weight excluding hydrogens is 334 g/mol. The van der Waals surface area contributed by atoms with Crippen LogP contribution in [0.1, 0.15) is 5.56 Å². The second-order valence-corrected chi connectivity index (χ2v) is 6.03. The summed E-state index contributed by atoms with van der Waals surface area (Å²) in [4.78, 5) is 4.69. The molecule has 0 amide bonds. The molecule has 0 radical (unpaired) electrons. The molecule has 1 heterocycles. The van der Waals surface area contributed by atoms with E-state index in [9.17, 15) is 0 Å². The summed E-state index contributed by atoms with van der Waals surface area (Å²) in [5, 5.41) is 4.77.